The van der Waals surface area contributed by atoms with Gasteiger partial charge in [-0.15, -0.1) is 0 Å². The standard InChI is InChI=1S/C23H42N10O5S/c1-39-10-7-17(31-19(34)15(25)5-2-3-8-24)21(36)32-16(6-4-9-29-23(26)27)20(35)33-18(22(37)38)11-14-12-28-13-30-14/h12-13,15-18H,2-11,24-25H2,1H3,(H,28,30)(H,31,34)(H,32,36)(H,33,35)(H,37,38)(H4,26,27,29). The van der Waals surface area contributed by atoms with Crippen molar-refractivity contribution >= 4 is 41.4 Å². The van der Waals surface area contributed by atoms with Crippen LogP contribution in [0.1, 0.15) is 44.2 Å². The number of amides is 3. The highest BCUT2D eigenvalue weighted by atomic mass is 32.2. The van der Waals surface area contributed by atoms with Crippen LogP contribution < -0.4 is 38.9 Å². The van der Waals surface area contributed by atoms with E-state index in [-0.39, 0.29) is 25.3 Å². The summed E-state index contributed by atoms with van der Waals surface area (Å²) in [7, 11) is 0. The van der Waals surface area contributed by atoms with Crippen LogP contribution in [0.4, 0.5) is 0 Å². The Morgan fingerprint density at radius 1 is 1.00 bits per heavy atom. The number of hydrogen-bond donors (Lipinski definition) is 9. The molecule has 1 rings (SSSR count). The molecule has 0 radical (unpaired) electrons. The van der Waals surface area contributed by atoms with Gasteiger partial charge in [0.05, 0.1) is 12.4 Å². The van der Waals surface area contributed by atoms with Gasteiger partial charge in [0.25, 0.3) is 0 Å². The Morgan fingerprint density at radius 2 is 1.64 bits per heavy atom. The minimum atomic E-state index is -1.27. The SMILES string of the molecule is CSCCC(NC(=O)C(N)CCCCN)C(=O)NC(CCCN=C(N)N)C(=O)NC(Cc1cnc[nH]1)C(=O)O. The largest absolute Gasteiger partial charge is 0.480 e. The molecule has 1 heterocycles. The number of aliphatic imine (C=N–C) groups is 1. The zero-order valence-corrected chi connectivity index (χ0v) is 23.0. The van der Waals surface area contributed by atoms with Crippen LogP contribution >= 0.6 is 11.8 Å². The molecule has 13 N–H and O–H groups in total. The summed E-state index contributed by atoms with van der Waals surface area (Å²) in [6.45, 7) is 0.688. The van der Waals surface area contributed by atoms with Crippen molar-refractivity contribution in [2.24, 2.45) is 27.9 Å². The Labute approximate surface area is 232 Å². The molecule has 3 amide bonds. The zero-order valence-electron chi connectivity index (χ0n) is 22.2. The van der Waals surface area contributed by atoms with E-state index in [1.54, 1.807) is 0 Å². The van der Waals surface area contributed by atoms with Crippen LogP contribution in [0.5, 0.6) is 0 Å². The number of aromatic amines is 1. The number of carbonyl (C=O) groups is 4. The average Bonchev–Trinajstić information content (AvgIpc) is 3.40. The minimum absolute atomic E-state index is 0.0375. The van der Waals surface area contributed by atoms with E-state index >= 15 is 0 Å². The summed E-state index contributed by atoms with van der Waals surface area (Å²) in [5, 5.41) is 17.4. The number of guanidine groups is 1. The molecule has 4 unspecified atom stereocenters. The van der Waals surface area contributed by atoms with E-state index in [0.29, 0.717) is 43.7 Å². The Balaban J connectivity index is 2.99. The van der Waals surface area contributed by atoms with E-state index in [1.165, 1.54) is 24.3 Å². The maximum absolute atomic E-state index is 13.2. The first-order valence-corrected chi connectivity index (χ1v) is 14.1. The summed E-state index contributed by atoms with van der Waals surface area (Å²) in [4.78, 5) is 61.3. The van der Waals surface area contributed by atoms with E-state index in [4.69, 9.17) is 22.9 Å². The van der Waals surface area contributed by atoms with E-state index in [9.17, 15) is 24.3 Å². The van der Waals surface area contributed by atoms with Gasteiger partial charge in [0.15, 0.2) is 5.96 Å². The molecule has 0 spiro atoms. The highest BCUT2D eigenvalue weighted by Crippen LogP contribution is 2.07. The van der Waals surface area contributed by atoms with Crippen LogP contribution in [-0.4, -0.2) is 94.0 Å². The highest BCUT2D eigenvalue weighted by Gasteiger charge is 2.30. The lowest BCUT2D eigenvalue weighted by Gasteiger charge is -2.25. The van der Waals surface area contributed by atoms with Crippen molar-refractivity contribution in [2.75, 3.05) is 25.1 Å². The molecule has 15 nitrogen and oxygen atoms in total. The molecule has 1 aromatic rings. The van der Waals surface area contributed by atoms with Gasteiger partial charge in [0, 0.05) is 24.9 Å². The first kappa shape index (κ1) is 33.7. The predicted octanol–water partition coefficient (Wildman–Crippen LogP) is -2.25. The third-order valence-electron chi connectivity index (χ3n) is 5.72. The molecule has 16 heteroatoms. The smallest absolute Gasteiger partial charge is 0.326 e. The molecular weight excluding hydrogens is 528 g/mol. The Morgan fingerprint density at radius 3 is 2.21 bits per heavy atom. The van der Waals surface area contributed by atoms with Crippen LogP contribution in [0.3, 0.4) is 0 Å². The van der Waals surface area contributed by atoms with Crippen LogP contribution in [0.15, 0.2) is 17.5 Å². The second kappa shape index (κ2) is 18.8. The number of hydrogen-bond acceptors (Lipinski definition) is 9. The number of nitrogens with two attached hydrogens (primary N) is 4. The lowest BCUT2D eigenvalue weighted by molar-refractivity contribution is -0.142. The lowest BCUT2D eigenvalue weighted by Crippen LogP contribution is -2.57. The molecule has 0 aromatic carbocycles. The maximum atomic E-state index is 13.2. The number of imidazole rings is 1. The number of aliphatic carboxylic acids is 1. The molecular formula is C23H42N10O5S. The topological polar surface area (TPSA) is 270 Å². The zero-order chi connectivity index (χ0) is 29.2. The van der Waals surface area contributed by atoms with Crippen molar-refractivity contribution in [1.29, 1.82) is 0 Å². The predicted molar refractivity (Wildman–Crippen MR) is 150 cm³/mol. The summed E-state index contributed by atoms with van der Waals surface area (Å²) in [6.07, 6.45) is 7.24. The van der Waals surface area contributed by atoms with Crippen LogP contribution in [0, 0.1) is 0 Å². The molecule has 0 aliphatic rings. The third-order valence-corrected chi connectivity index (χ3v) is 6.37. The number of H-pyrrole nitrogens is 1. The molecule has 4 atom stereocenters. The number of aromatic nitrogens is 2. The van der Waals surface area contributed by atoms with Gasteiger partial charge in [-0.1, -0.05) is 6.42 Å². The van der Waals surface area contributed by atoms with Crippen LogP contribution in [0.2, 0.25) is 0 Å². The summed E-state index contributed by atoms with van der Waals surface area (Å²) in [6, 6.07) is -4.13. The van der Waals surface area contributed by atoms with Crippen molar-refractivity contribution in [3.8, 4) is 0 Å². The number of thioether (sulfide) groups is 1. The molecule has 0 saturated carbocycles. The van der Waals surface area contributed by atoms with Crippen LogP contribution in [0.25, 0.3) is 0 Å². The average molecular weight is 571 g/mol. The van der Waals surface area contributed by atoms with Gasteiger partial charge < -0.3 is 49.0 Å². The maximum Gasteiger partial charge on any atom is 0.326 e. The number of nitrogens with zero attached hydrogens (tertiary/aromatic N) is 2. The van der Waals surface area contributed by atoms with Gasteiger partial charge in [-0.25, -0.2) is 9.78 Å². The first-order chi connectivity index (χ1) is 18.6. The van der Waals surface area contributed by atoms with Crippen molar-refractivity contribution in [1.82, 2.24) is 25.9 Å². The van der Waals surface area contributed by atoms with Gasteiger partial charge >= 0.3 is 5.97 Å². The van der Waals surface area contributed by atoms with Gasteiger partial charge in [0.2, 0.25) is 17.7 Å². The number of nitrogens with one attached hydrogen (secondary N) is 4. The van der Waals surface area contributed by atoms with E-state index in [1.807, 2.05) is 6.26 Å². The summed E-state index contributed by atoms with van der Waals surface area (Å²) in [5.41, 5.74) is 22.7. The van der Waals surface area contributed by atoms with Crippen molar-refractivity contribution in [2.45, 2.75) is 69.1 Å². The molecule has 39 heavy (non-hydrogen) atoms. The molecule has 0 fully saturated rings. The van der Waals surface area contributed by atoms with E-state index in [0.717, 1.165) is 6.42 Å². The molecule has 1 aromatic heterocycles. The molecule has 0 saturated heterocycles. The quantitative estimate of drug-likeness (QED) is 0.0459. The highest BCUT2D eigenvalue weighted by molar-refractivity contribution is 7.98. The summed E-state index contributed by atoms with van der Waals surface area (Å²) >= 11 is 1.49. The van der Waals surface area contributed by atoms with Gasteiger partial charge in [0.1, 0.15) is 18.1 Å². The summed E-state index contributed by atoms with van der Waals surface area (Å²) in [5.74, 6) is -2.58. The summed E-state index contributed by atoms with van der Waals surface area (Å²) < 4.78 is 0. The Kier molecular flexibility index (Phi) is 16.2. The minimum Gasteiger partial charge on any atom is -0.480 e. The second-order valence-corrected chi connectivity index (χ2v) is 9.91. The molecule has 0 aliphatic heterocycles. The number of unbranched alkanes of at least 4 members (excludes halogenated alkanes) is 1. The number of carbonyl (C=O) groups excluding carboxylic acids is 3. The van der Waals surface area contributed by atoms with Crippen LogP contribution in [-0.2, 0) is 25.6 Å². The molecule has 0 aliphatic carbocycles. The van der Waals surface area contributed by atoms with Gasteiger partial charge in [-0.05, 0) is 50.7 Å². The Bertz CT molecular complexity index is 926. The van der Waals surface area contributed by atoms with Crippen molar-refractivity contribution in [3.05, 3.63) is 18.2 Å². The fourth-order valence-corrected chi connectivity index (χ4v) is 4.03. The normalized spacial score (nSPS) is 13.9. The molecule has 220 valence electrons. The number of carboxylic acid groups (broad SMARTS) is 1. The van der Waals surface area contributed by atoms with E-state index in [2.05, 4.69) is 30.9 Å². The molecule has 0 bridgehead atoms. The second-order valence-electron chi connectivity index (χ2n) is 8.92. The van der Waals surface area contributed by atoms with Crippen molar-refractivity contribution < 1.29 is 24.3 Å². The van der Waals surface area contributed by atoms with Crippen molar-refractivity contribution in [3.63, 3.8) is 0 Å². The van der Waals surface area contributed by atoms with Gasteiger partial charge in [-0.3, -0.25) is 19.4 Å². The Hall–Kier alpha value is -3.37. The fraction of sp³-hybridized carbons (Fsp3) is 0.652. The number of rotatable bonds is 20. The lowest BCUT2D eigenvalue weighted by atomic mass is 10.1. The van der Waals surface area contributed by atoms with E-state index < -0.39 is 47.9 Å². The number of carboxylic acids is 1. The fourth-order valence-electron chi connectivity index (χ4n) is 3.56. The van der Waals surface area contributed by atoms with Gasteiger partial charge in [-0.2, -0.15) is 11.8 Å². The monoisotopic (exact) mass is 570 g/mol. The first-order valence-electron chi connectivity index (χ1n) is 12.7. The third kappa shape index (κ3) is 13.8.